The molecule has 3 amide bonds. The molecule has 0 spiro atoms. The molecule has 0 bridgehead atoms. The lowest BCUT2D eigenvalue weighted by molar-refractivity contribution is -0.124. The first-order valence-electron chi connectivity index (χ1n) is 8.11. The van der Waals surface area contributed by atoms with E-state index in [9.17, 15) is 14.4 Å². The topological polar surface area (TPSA) is 110 Å². The lowest BCUT2D eigenvalue weighted by Crippen LogP contribution is -2.54. The van der Waals surface area contributed by atoms with E-state index in [2.05, 4.69) is 16.2 Å². The van der Waals surface area contributed by atoms with Gasteiger partial charge < -0.3 is 14.5 Å². The summed E-state index contributed by atoms with van der Waals surface area (Å²) in [4.78, 5) is 36.8. The first-order chi connectivity index (χ1) is 12.8. The molecule has 0 radical (unpaired) electrons. The van der Waals surface area contributed by atoms with Crippen LogP contribution < -0.4 is 20.9 Å². The van der Waals surface area contributed by atoms with Gasteiger partial charge in [0.05, 0.1) is 18.9 Å². The van der Waals surface area contributed by atoms with Crippen molar-refractivity contribution in [2.24, 2.45) is 5.92 Å². The molecule has 9 heteroatoms. The minimum Gasteiger partial charge on any atom is -0.496 e. The molecule has 8 nitrogen and oxygen atoms in total. The van der Waals surface area contributed by atoms with Gasteiger partial charge in [0.2, 0.25) is 0 Å². The standard InChI is InChI=1S/C18H20ClN3O5/c1-10(2)15(20-17(24)14-5-4-8-27-14)18(25)22-21-16(23)12-9-11(19)6-7-13(12)26-3/h4-10,15H,1-3H3,(H,20,24)(H,21,23)(H,22,25)/t15-/m0/s1. The molecule has 1 heterocycles. The summed E-state index contributed by atoms with van der Waals surface area (Å²) in [6.07, 6.45) is 1.36. The van der Waals surface area contributed by atoms with E-state index in [0.29, 0.717) is 10.8 Å². The minimum absolute atomic E-state index is 0.0844. The zero-order valence-electron chi connectivity index (χ0n) is 15.0. The maximum atomic E-state index is 12.4. The highest BCUT2D eigenvalue weighted by Crippen LogP contribution is 2.22. The number of benzene rings is 1. The number of amides is 3. The van der Waals surface area contributed by atoms with Crippen molar-refractivity contribution in [1.29, 1.82) is 0 Å². The fraction of sp³-hybridized carbons (Fsp3) is 0.278. The molecule has 3 N–H and O–H groups in total. The van der Waals surface area contributed by atoms with E-state index < -0.39 is 23.8 Å². The summed E-state index contributed by atoms with van der Waals surface area (Å²) in [6, 6.07) is 6.70. The normalized spacial score (nSPS) is 11.6. The predicted octanol–water partition coefficient (Wildman–Crippen LogP) is 2.16. The van der Waals surface area contributed by atoms with Gasteiger partial charge in [-0.1, -0.05) is 25.4 Å². The van der Waals surface area contributed by atoms with Gasteiger partial charge in [-0.2, -0.15) is 0 Å². The second kappa shape index (κ2) is 9.09. The van der Waals surface area contributed by atoms with E-state index in [-0.39, 0.29) is 17.2 Å². The van der Waals surface area contributed by atoms with Crippen molar-refractivity contribution in [3.05, 3.63) is 52.9 Å². The van der Waals surface area contributed by atoms with Gasteiger partial charge in [-0.05, 0) is 36.2 Å². The summed E-state index contributed by atoms with van der Waals surface area (Å²) in [5.41, 5.74) is 4.75. The Hall–Kier alpha value is -3.00. The Morgan fingerprint density at radius 2 is 1.85 bits per heavy atom. The fourth-order valence-corrected chi connectivity index (χ4v) is 2.45. The van der Waals surface area contributed by atoms with Crippen LogP contribution in [0.4, 0.5) is 0 Å². The molecular weight excluding hydrogens is 374 g/mol. The fourth-order valence-electron chi connectivity index (χ4n) is 2.28. The van der Waals surface area contributed by atoms with Crippen molar-refractivity contribution in [1.82, 2.24) is 16.2 Å². The van der Waals surface area contributed by atoms with Crippen LogP contribution in [0.5, 0.6) is 5.75 Å². The average molecular weight is 394 g/mol. The van der Waals surface area contributed by atoms with Crippen LogP contribution in [0.1, 0.15) is 34.8 Å². The number of carbonyl (C=O) groups is 3. The van der Waals surface area contributed by atoms with Crippen LogP contribution in [0.25, 0.3) is 0 Å². The molecule has 2 rings (SSSR count). The highest BCUT2D eigenvalue weighted by molar-refractivity contribution is 6.31. The largest absolute Gasteiger partial charge is 0.496 e. The number of hydrazine groups is 1. The van der Waals surface area contributed by atoms with Crippen molar-refractivity contribution in [2.75, 3.05) is 7.11 Å². The Morgan fingerprint density at radius 1 is 1.11 bits per heavy atom. The number of ether oxygens (including phenoxy) is 1. The van der Waals surface area contributed by atoms with Gasteiger partial charge >= 0.3 is 0 Å². The lowest BCUT2D eigenvalue weighted by Gasteiger charge is -2.21. The summed E-state index contributed by atoms with van der Waals surface area (Å²) in [5, 5.41) is 2.92. The number of nitrogens with one attached hydrogen (secondary N) is 3. The molecule has 144 valence electrons. The minimum atomic E-state index is -0.885. The van der Waals surface area contributed by atoms with Crippen molar-refractivity contribution >= 4 is 29.3 Å². The van der Waals surface area contributed by atoms with E-state index in [1.807, 2.05) is 0 Å². The SMILES string of the molecule is COc1ccc(Cl)cc1C(=O)NNC(=O)[C@@H](NC(=O)c1ccco1)C(C)C. The second-order valence-electron chi connectivity index (χ2n) is 5.96. The highest BCUT2D eigenvalue weighted by atomic mass is 35.5. The zero-order chi connectivity index (χ0) is 20.0. The van der Waals surface area contributed by atoms with Crippen LogP contribution in [-0.4, -0.2) is 30.9 Å². The third kappa shape index (κ3) is 5.24. The van der Waals surface area contributed by atoms with E-state index in [0.717, 1.165) is 0 Å². The molecule has 0 unspecified atom stereocenters. The summed E-state index contributed by atoms with van der Waals surface area (Å²) >= 11 is 5.90. The van der Waals surface area contributed by atoms with Crippen molar-refractivity contribution < 1.29 is 23.5 Å². The molecule has 1 aromatic heterocycles. The van der Waals surface area contributed by atoms with Gasteiger partial charge in [0, 0.05) is 5.02 Å². The van der Waals surface area contributed by atoms with Crippen LogP contribution in [0.2, 0.25) is 5.02 Å². The number of rotatable bonds is 6. The summed E-state index contributed by atoms with van der Waals surface area (Å²) < 4.78 is 10.1. The summed E-state index contributed by atoms with van der Waals surface area (Å²) in [6.45, 7) is 3.52. The van der Waals surface area contributed by atoms with Crippen LogP contribution in [0, 0.1) is 5.92 Å². The molecule has 0 aliphatic rings. The number of furan rings is 1. The molecule has 1 aromatic carbocycles. The van der Waals surface area contributed by atoms with Gasteiger partial charge in [-0.15, -0.1) is 0 Å². The number of halogens is 1. The van der Waals surface area contributed by atoms with E-state index in [1.54, 1.807) is 32.0 Å². The molecule has 0 saturated heterocycles. The Bertz CT molecular complexity index is 820. The number of hydrogen-bond acceptors (Lipinski definition) is 5. The third-order valence-corrected chi connectivity index (χ3v) is 3.92. The molecule has 0 fully saturated rings. The maximum Gasteiger partial charge on any atom is 0.287 e. The smallest absolute Gasteiger partial charge is 0.287 e. The molecule has 27 heavy (non-hydrogen) atoms. The summed E-state index contributed by atoms with van der Waals surface area (Å²) in [5.74, 6) is -1.57. The molecule has 0 aliphatic heterocycles. The van der Waals surface area contributed by atoms with Crippen molar-refractivity contribution in [2.45, 2.75) is 19.9 Å². The maximum absolute atomic E-state index is 12.4. The number of carbonyl (C=O) groups excluding carboxylic acids is 3. The first kappa shape index (κ1) is 20.3. The van der Waals surface area contributed by atoms with Gasteiger partial charge in [0.15, 0.2) is 5.76 Å². The Kier molecular flexibility index (Phi) is 6.84. The molecule has 0 aliphatic carbocycles. The van der Waals surface area contributed by atoms with Crippen LogP contribution in [0.15, 0.2) is 41.0 Å². The molecular formula is C18H20ClN3O5. The Labute approximate surface area is 161 Å². The van der Waals surface area contributed by atoms with E-state index >= 15 is 0 Å². The average Bonchev–Trinajstić information content (AvgIpc) is 3.18. The van der Waals surface area contributed by atoms with E-state index in [1.165, 1.54) is 25.5 Å². The molecule has 0 saturated carbocycles. The van der Waals surface area contributed by atoms with Crippen LogP contribution in [0.3, 0.4) is 0 Å². The Balaban J connectivity index is 2.02. The van der Waals surface area contributed by atoms with Gasteiger partial charge in [0.25, 0.3) is 17.7 Å². The van der Waals surface area contributed by atoms with Crippen molar-refractivity contribution in [3.63, 3.8) is 0 Å². The molecule has 1 atom stereocenters. The lowest BCUT2D eigenvalue weighted by atomic mass is 10.0. The van der Waals surface area contributed by atoms with Crippen LogP contribution >= 0.6 is 11.6 Å². The predicted molar refractivity (Wildman–Crippen MR) is 98.4 cm³/mol. The zero-order valence-corrected chi connectivity index (χ0v) is 15.8. The first-order valence-corrected chi connectivity index (χ1v) is 8.49. The number of methoxy groups -OCH3 is 1. The molecule has 2 aromatic rings. The quantitative estimate of drug-likeness (QED) is 0.651. The third-order valence-electron chi connectivity index (χ3n) is 3.69. The van der Waals surface area contributed by atoms with Crippen LogP contribution in [-0.2, 0) is 4.79 Å². The second-order valence-corrected chi connectivity index (χ2v) is 6.40. The monoisotopic (exact) mass is 393 g/mol. The van der Waals surface area contributed by atoms with E-state index in [4.69, 9.17) is 20.8 Å². The van der Waals surface area contributed by atoms with Gasteiger partial charge in [-0.3, -0.25) is 25.2 Å². The Morgan fingerprint density at radius 3 is 2.44 bits per heavy atom. The van der Waals surface area contributed by atoms with Gasteiger partial charge in [0.1, 0.15) is 11.8 Å². The summed E-state index contributed by atoms with van der Waals surface area (Å²) in [7, 11) is 1.41. The van der Waals surface area contributed by atoms with Crippen molar-refractivity contribution in [3.8, 4) is 5.75 Å². The van der Waals surface area contributed by atoms with Gasteiger partial charge in [-0.25, -0.2) is 0 Å². The number of hydrogen-bond donors (Lipinski definition) is 3. The highest BCUT2D eigenvalue weighted by Gasteiger charge is 2.26.